The molecule has 0 aliphatic carbocycles. The molecule has 0 fully saturated rings. The minimum absolute atomic E-state index is 0.0622. The van der Waals surface area contributed by atoms with Gasteiger partial charge in [0.1, 0.15) is 0 Å². The van der Waals surface area contributed by atoms with Gasteiger partial charge in [0.2, 0.25) is 0 Å². The molecule has 0 aliphatic heterocycles. The molecule has 0 spiro atoms. The molecule has 0 atom stereocenters. The number of hydrogen-bond donors (Lipinski definition) is 2. The van der Waals surface area contributed by atoms with Crippen LogP contribution in [0, 0.1) is 6.92 Å². The van der Waals surface area contributed by atoms with Crippen molar-refractivity contribution >= 4 is 21.0 Å². The molecule has 1 aromatic carbocycles. The van der Waals surface area contributed by atoms with Crippen molar-refractivity contribution < 1.29 is 13.0 Å². The Hall–Kier alpha value is -1.93. The summed E-state index contributed by atoms with van der Waals surface area (Å²) in [5, 5.41) is 0.0622. The van der Waals surface area contributed by atoms with Gasteiger partial charge in [0.05, 0.1) is 15.8 Å². The Morgan fingerprint density at radius 3 is 2.44 bits per heavy atom. The topological polar surface area (TPSA) is 109 Å². The van der Waals surface area contributed by atoms with Crippen molar-refractivity contribution in [2.45, 2.75) is 11.8 Å². The van der Waals surface area contributed by atoms with E-state index in [1.807, 2.05) is 0 Å². The van der Waals surface area contributed by atoms with Gasteiger partial charge in [-0.05, 0) is 24.6 Å². The summed E-state index contributed by atoms with van der Waals surface area (Å²) in [5.41, 5.74) is -0.872. The van der Waals surface area contributed by atoms with Crippen LogP contribution in [0.3, 0.4) is 0 Å². The van der Waals surface area contributed by atoms with E-state index in [4.69, 9.17) is 4.55 Å². The van der Waals surface area contributed by atoms with E-state index in [0.29, 0.717) is 5.52 Å². The summed E-state index contributed by atoms with van der Waals surface area (Å²) in [6.07, 6.45) is 0. The van der Waals surface area contributed by atoms with Crippen LogP contribution >= 0.6 is 0 Å². The van der Waals surface area contributed by atoms with Crippen molar-refractivity contribution in [1.82, 2.24) is 9.55 Å². The Kier molecular flexibility index (Phi) is 2.63. The fraction of sp³-hybridized carbons (Fsp3) is 0.200. The van der Waals surface area contributed by atoms with Gasteiger partial charge in [-0.2, -0.15) is 8.42 Å². The van der Waals surface area contributed by atoms with Crippen LogP contribution in [-0.2, 0) is 17.2 Å². The fourth-order valence-electron chi connectivity index (χ4n) is 1.88. The van der Waals surface area contributed by atoms with Crippen molar-refractivity contribution in [3.63, 3.8) is 0 Å². The number of fused-ring (bicyclic) bond motifs is 1. The molecule has 1 heterocycles. The maximum absolute atomic E-state index is 11.7. The second-order valence-electron chi connectivity index (χ2n) is 3.88. The number of aromatic nitrogens is 2. The minimum Gasteiger partial charge on any atom is -0.296 e. The molecular formula is C10H10N2O5S. The van der Waals surface area contributed by atoms with Crippen molar-refractivity contribution in [1.29, 1.82) is 0 Å². The molecule has 0 saturated carbocycles. The lowest BCUT2D eigenvalue weighted by molar-refractivity contribution is 0.482. The van der Waals surface area contributed by atoms with E-state index < -0.39 is 21.4 Å². The molecule has 0 saturated heterocycles. The van der Waals surface area contributed by atoms with Crippen LogP contribution in [0.4, 0.5) is 0 Å². The van der Waals surface area contributed by atoms with Crippen molar-refractivity contribution in [2.75, 3.05) is 0 Å². The first-order chi connectivity index (χ1) is 8.23. The normalized spacial score (nSPS) is 11.9. The van der Waals surface area contributed by atoms with Crippen LogP contribution < -0.4 is 11.2 Å². The third-order valence-electron chi connectivity index (χ3n) is 2.78. The number of nitrogens with one attached hydrogen (secondary N) is 1. The van der Waals surface area contributed by atoms with Gasteiger partial charge in [-0.25, -0.2) is 4.79 Å². The molecule has 0 radical (unpaired) electrons. The third-order valence-corrected chi connectivity index (χ3v) is 3.78. The van der Waals surface area contributed by atoms with Gasteiger partial charge in [0.15, 0.2) is 0 Å². The van der Waals surface area contributed by atoms with Crippen LogP contribution in [0.5, 0.6) is 0 Å². The number of aromatic amines is 1. The molecule has 7 nitrogen and oxygen atoms in total. The number of nitrogens with zero attached hydrogens (tertiary/aromatic N) is 1. The number of H-pyrrole nitrogens is 1. The standard InChI is InChI=1S/C10H10N2O5S/c1-5-7(18(15,16)17)4-3-6-8(5)9(13)11-10(14)12(6)2/h3-4H,1-2H3,(H,11,13,14)(H,15,16,17). The van der Waals surface area contributed by atoms with Gasteiger partial charge >= 0.3 is 5.69 Å². The van der Waals surface area contributed by atoms with Crippen LogP contribution in [0.1, 0.15) is 5.56 Å². The third kappa shape index (κ3) is 1.75. The van der Waals surface area contributed by atoms with E-state index >= 15 is 0 Å². The highest BCUT2D eigenvalue weighted by atomic mass is 32.2. The zero-order valence-electron chi connectivity index (χ0n) is 9.59. The van der Waals surface area contributed by atoms with Gasteiger partial charge in [0, 0.05) is 7.05 Å². The highest BCUT2D eigenvalue weighted by Crippen LogP contribution is 2.21. The van der Waals surface area contributed by atoms with Crippen LogP contribution in [0.15, 0.2) is 26.6 Å². The zero-order chi connectivity index (χ0) is 13.7. The molecule has 96 valence electrons. The number of hydrogen-bond acceptors (Lipinski definition) is 4. The lowest BCUT2D eigenvalue weighted by Crippen LogP contribution is -2.29. The summed E-state index contributed by atoms with van der Waals surface area (Å²) >= 11 is 0. The predicted octanol–water partition coefficient (Wildman–Crippen LogP) is -0.218. The maximum Gasteiger partial charge on any atom is 0.328 e. The summed E-state index contributed by atoms with van der Waals surface area (Å²) in [6, 6.07) is 2.47. The Bertz CT molecular complexity index is 860. The second-order valence-corrected chi connectivity index (χ2v) is 5.27. The average Bonchev–Trinajstić information content (AvgIpc) is 2.23. The van der Waals surface area contributed by atoms with Crippen LogP contribution in [0.25, 0.3) is 10.9 Å². The number of rotatable bonds is 1. The first-order valence-corrected chi connectivity index (χ1v) is 6.37. The summed E-state index contributed by atoms with van der Waals surface area (Å²) in [5.74, 6) is 0. The molecule has 8 heteroatoms. The second kappa shape index (κ2) is 3.79. The molecular weight excluding hydrogens is 260 g/mol. The van der Waals surface area contributed by atoms with Gasteiger partial charge in [0.25, 0.3) is 15.7 Å². The van der Waals surface area contributed by atoms with Gasteiger partial charge in [-0.1, -0.05) is 0 Å². The summed E-state index contributed by atoms with van der Waals surface area (Å²) in [7, 11) is -2.95. The van der Waals surface area contributed by atoms with Gasteiger partial charge in [-0.15, -0.1) is 0 Å². The van der Waals surface area contributed by atoms with E-state index in [9.17, 15) is 18.0 Å². The highest BCUT2D eigenvalue weighted by molar-refractivity contribution is 7.85. The minimum atomic E-state index is -4.40. The Balaban J connectivity index is 3.12. The first-order valence-electron chi connectivity index (χ1n) is 4.93. The van der Waals surface area contributed by atoms with E-state index in [2.05, 4.69) is 4.98 Å². The Morgan fingerprint density at radius 1 is 1.28 bits per heavy atom. The Morgan fingerprint density at radius 2 is 1.89 bits per heavy atom. The van der Waals surface area contributed by atoms with E-state index in [1.165, 1.54) is 24.6 Å². The van der Waals surface area contributed by atoms with Crippen molar-refractivity contribution in [3.05, 3.63) is 38.5 Å². The molecule has 1 aromatic heterocycles. The van der Waals surface area contributed by atoms with Crippen LogP contribution in [-0.4, -0.2) is 22.5 Å². The van der Waals surface area contributed by atoms with E-state index in [1.54, 1.807) is 0 Å². The van der Waals surface area contributed by atoms with E-state index in [0.717, 1.165) is 6.07 Å². The quantitative estimate of drug-likeness (QED) is 0.696. The molecule has 0 unspecified atom stereocenters. The first kappa shape index (κ1) is 12.5. The average molecular weight is 270 g/mol. The molecule has 2 N–H and O–H groups in total. The predicted molar refractivity (Wildman–Crippen MR) is 64.4 cm³/mol. The van der Waals surface area contributed by atoms with E-state index in [-0.39, 0.29) is 15.8 Å². The zero-order valence-corrected chi connectivity index (χ0v) is 10.4. The van der Waals surface area contributed by atoms with Gasteiger partial charge in [-0.3, -0.25) is 18.9 Å². The van der Waals surface area contributed by atoms with Crippen LogP contribution in [0.2, 0.25) is 0 Å². The molecule has 0 amide bonds. The molecule has 2 aromatic rings. The van der Waals surface area contributed by atoms with Crippen molar-refractivity contribution in [2.24, 2.45) is 7.05 Å². The molecule has 0 bridgehead atoms. The maximum atomic E-state index is 11.7. The molecule has 2 rings (SSSR count). The Labute approximate surface area is 101 Å². The fourth-order valence-corrected chi connectivity index (χ4v) is 2.61. The monoisotopic (exact) mass is 270 g/mol. The highest BCUT2D eigenvalue weighted by Gasteiger charge is 2.17. The van der Waals surface area contributed by atoms with Crippen molar-refractivity contribution in [3.8, 4) is 0 Å². The SMILES string of the molecule is Cc1c(S(=O)(=O)O)ccc2c1c(=O)[nH]c(=O)n2C. The molecule has 0 aliphatic rings. The lowest BCUT2D eigenvalue weighted by Gasteiger charge is -2.08. The smallest absolute Gasteiger partial charge is 0.296 e. The number of benzene rings is 1. The summed E-state index contributed by atoms with van der Waals surface area (Å²) < 4.78 is 32.5. The lowest BCUT2D eigenvalue weighted by atomic mass is 10.1. The van der Waals surface area contributed by atoms with Gasteiger partial charge < -0.3 is 0 Å². The summed E-state index contributed by atoms with van der Waals surface area (Å²) in [6.45, 7) is 1.39. The largest absolute Gasteiger partial charge is 0.328 e. The molecule has 18 heavy (non-hydrogen) atoms. The summed E-state index contributed by atoms with van der Waals surface area (Å²) in [4.78, 5) is 24.8. The number of aryl methyl sites for hydroxylation is 2.